The quantitative estimate of drug-likeness (QED) is 0.563. The lowest BCUT2D eigenvalue weighted by atomic mass is 10.2. The summed E-state index contributed by atoms with van der Waals surface area (Å²) in [6.07, 6.45) is 0.00203. The Kier molecular flexibility index (Phi) is 6.27. The number of hydrogen-bond acceptors (Lipinski definition) is 4. The van der Waals surface area contributed by atoms with Crippen molar-refractivity contribution in [2.24, 2.45) is 0 Å². The van der Waals surface area contributed by atoms with Gasteiger partial charge in [0, 0.05) is 13.2 Å². The molecule has 90 valence electrons. The molecule has 1 N–H and O–H groups in total. The fraction of sp³-hybridized carbons (Fsp3) is 0.900. The summed E-state index contributed by atoms with van der Waals surface area (Å²) in [5.74, 6) is 0. The van der Waals surface area contributed by atoms with Crippen LogP contribution in [0.15, 0.2) is 0 Å². The van der Waals surface area contributed by atoms with Crippen LogP contribution in [0.4, 0.5) is 4.79 Å². The summed E-state index contributed by atoms with van der Waals surface area (Å²) in [7, 11) is 0. The standard InChI is InChI=1S/C10H21NO4/c1-5-11(14-8-6-7-12)9(13)15-10(2,3)4/h12H,5-8H2,1-4H3. The van der Waals surface area contributed by atoms with Gasteiger partial charge in [0.1, 0.15) is 5.60 Å². The number of ether oxygens (including phenoxy) is 1. The van der Waals surface area contributed by atoms with Crippen LogP contribution >= 0.6 is 0 Å². The molecule has 0 saturated carbocycles. The van der Waals surface area contributed by atoms with Crippen LogP contribution in [0.5, 0.6) is 0 Å². The first-order valence-electron chi connectivity index (χ1n) is 5.15. The van der Waals surface area contributed by atoms with E-state index in [4.69, 9.17) is 14.7 Å². The summed E-state index contributed by atoms with van der Waals surface area (Å²) in [5, 5.41) is 9.72. The molecule has 0 unspecified atom stereocenters. The van der Waals surface area contributed by atoms with Gasteiger partial charge in [0.15, 0.2) is 0 Å². The third-order valence-corrected chi connectivity index (χ3v) is 1.43. The van der Waals surface area contributed by atoms with Crippen molar-refractivity contribution in [1.29, 1.82) is 0 Å². The minimum Gasteiger partial charge on any atom is -0.442 e. The van der Waals surface area contributed by atoms with Crippen LogP contribution in [0.2, 0.25) is 0 Å². The summed E-state index contributed by atoms with van der Waals surface area (Å²) >= 11 is 0. The Balaban J connectivity index is 3.99. The van der Waals surface area contributed by atoms with Crippen molar-refractivity contribution in [1.82, 2.24) is 5.06 Å². The van der Waals surface area contributed by atoms with E-state index in [1.54, 1.807) is 27.7 Å². The molecule has 0 spiro atoms. The van der Waals surface area contributed by atoms with Crippen LogP contribution in [0.3, 0.4) is 0 Å². The molecule has 0 aromatic carbocycles. The Hall–Kier alpha value is -0.810. The van der Waals surface area contributed by atoms with E-state index in [1.807, 2.05) is 0 Å². The molecule has 0 radical (unpaired) electrons. The number of aliphatic hydroxyl groups is 1. The van der Waals surface area contributed by atoms with Gasteiger partial charge in [-0.1, -0.05) is 0 Å². The van der Waals surface area contributed by atoms with Gasteiger partial charge < -0.3 is 9.84 Å². The van der Waals surface area contributed by atoms with Crippen LogP contribution in [0.1, 0.15) is 34.1 Å². The molecule has 0 atom stereocenters. The van der Waals surface area contributed by atoms with Gasteiger partial charge in [0.05, 0.1) is 6.61 Å². The van der Waals surface area contributed by atoms with Gasteiger partial charge in [-0.05, 0) is 34.1 Å². The molecule has 1 amide bonds. The number of nitrogens with zero attached hydrogens (tertiary/aromatic N) is 1. The first-order chi connectivity index (χ1) is 6.90. The Morgan fingerprint density at radius 2 is 2.00 bits per heavy atom. The number of aliphatic hydroxyl groups excluding tert-OH is 1. The van der Waals surface area contributed by atoms with Crippen molar-refractivity contribution in [2.45, 2.75) is 39.7 Å². The Morgan fingerprint density at radius 1 is 1.40 bits per heavy atom. The molecule has 0 fully saturated rings. The maximum absolute atomic E-state index is 11.5. The minimum absolute atomic E-state index is 0.0475. The lowest BCUT2D eigenvalue weighted by Crippen LogP contribution is -2.37. The zero-order valence-corrected chi connectivity index (χ0v) is 9.95. The predicted molar refractivity (Wildman–Crippen MR) is 56.3 cm³/mol. The highest BCUT2D eigenvalue weighted by atomic mass is 16.7. The molecule has 5 nitrogen and oxygen atoms in total. The molecule has 15 heavy (non-hydrogen) atoms. The molecule has 0 aromatic rings. The van der Waals surface area contributed by atoms with E-state index in [9.17, 15) is 4.79 Å². The van der Waals surface area contributed by atoms with Crippen molar-refractivity contribution in [3.63, 3.8) is 0 Å². The highest BCUT2D eigenvalue weighted by Gasteiger charge is 2.21. The monoisotopic (exact) mass is 219 g/mol. The second kappa shape index (κ2) is 6.63. The number of amides is 1. The second-order valence-electron chi connectivity index (χ2n) is 4.09. The molecular formula is C10H21NO4. The smallest absolute Gasteiger partial charge is 0.434 e. The highest BCUT2D eigenvalue weighted by Crippen LogP contribution is 2.10. The number of hydrogen-bond donors (Lipinski definition) is 1. The van der Waals surface area contributed by atoms with Crippen LogP contribution in [-0.4, -0.2) is 41.6 Å². The predicted octanol–water partition coefficient (Wildman–Crippen LogP) is 1.56. The van der Waals surface area contributed by atoms with Gasteiger partial charge in [0.25, 0.3) is 0 Å². The van der Waals surface area contributed by atoms with E-state index in [-0.39, 0.29) is 6.61 Å². The number of hydroxylamine groups is 2. The number of rotatable bonds is 5. The van der Waals surface area contributed by atoms with Crippen molar-refractivity contribution >= 4 is 6.09 Å². The van der Waals surface area contributed by atoms with Gasteiger partial charge in [0.2, 0.25) is 0 Å². The summed E-state index contributed by atoms with van der Waals surface area (Å²) < 4.78 is 5.12. The topological polar surface area (TPSA) is 59.0 Å². The number of carbonyl (C=O) groups is 1. The van der Waals surface area contributed by atoms with Crippen LogP contribution in [-0.2, 0) is 9.57 Å². The molecule has 0 bridgehead atoms. The van der Waals surface area contributed by atoms with Gasteiger partial charge in [-0.15, -0.1) is 0 Å². The average molecular weight is 219 g/mol. The van der Waals surface area contributed by atoms with Crippen molar-refractivity contribution in [2.75, 3.05) is 19.8 Å². The molecule has 0 rings (SSSR count). The molecule has 0 heterocycles. The molecule has 0 aliphatic carbocycles. The van der Waals surface area contributed by atoms with Gasteiger partial charge >= 0.3 is 6.09 Å². The van der Waals surface area contributed by atoms with Gasteiger partial charge in [-0.25, -0.2) is 4.79 Å². The van der Waals surface area contributed by atoms with Crippen LogP contribution in [0.25, 0.3) is 0 Å². The second-order valence-corrected chi connectivity index (χ2v) is 4.09. The number of carbonyl (C=O) groups excluding carboxylic acids is 1. The first kappa shape index (κ1) is 14.2. The normalized spacial score (nSPS) is 11.3. The lowest BCUT2D eigenvalue weighted by molar-refractivity contribution is -0.146. The van der Waals surface area contributed by atoms with Crippen molar-refractivity contribution < 1.29 is 19.5 Å². The maximum atomic E-state index is 11.5. The summed E-state index contributed by atoms with van der Waals surface area (Å²) in [4.78, 5) is 16.6. The van der Waals surface area contributed by atoms with Crippen LogP contribution in [0, 0.1) is 0 Å². The molecule has 0 aliphatic rings. The molecule has 5 heteroatoms. The van der Waals surface area contributed by atoms with Crippen LogP contribution < -0.4 is 0 Å². The minimum atomic E-state index is -0.523. The van der Waals surface area contributed by atoms with E-state index in [0.29, 0.717) is 19.6 Å². The SMILES string of the molecule is CCN(OCCCO)C(=O)OC(C)(C)C. The summed E-state index contributed by atoms with van der Waals surface area (Å²) in [6.45, 7) is 7.96. The van der Waals surface area contributed by atoms with E-state index in [1.165, 1.54) is 0 Å². The van der Waals surface area contributed by atoms with E-state index < -0.39 is 11.7 Å². The fourth-order valence-electron chi connectivity index (χ4n) is 0.825. The third-order valence-electron chi connectivity index (χ3n) is 1.43. The van der Waals surface area contributed by atoms with E-state index in [2.05, 4.69) is 0 Å². The van der Waals surface area contributed by atoms with Gasteiger partial charge in [-0.2, -0.15) is 5.06 Å². The average Bonchev–Trinajstić information content (AvgIpc) is 2.09. The van der Waals surface area contributed by atoms with Crippen molar-refractivity contribution in [3.8, 4) is 0 Å². The molecule has 0 aromatic heterocycles. The van der Waals surface area contributed by atoms with E-state index >= 15 is 0 Å². The van der Waals surface area contributed by atoms with E-state index in [0.717, 1.165) is 5.06 Å². The largest absolute Gasteiger partial charge is 0.442 e. The molecular weight excluding hydrogens is 198 g/mol. The maximum Gasteiger partial charge on any atom is 0.434 e. The fourth-order valence-corrected chi connectivity index (χ4v) is 0.825. The Bertz CT molecular complexity index is 188. The summed E-state index contributed by atoms with van der Waals surface area (Å²) in [6, 6.07) is 0. The highest BCUT2D eigenvalue weighted by molar-refractivity contribution is 5.66. The molecule has 0 aliphatic heterocycles. The van der Waals surface area contributed by atoms with Crippen molar-refractivity contribution in [3.05, 3.63) is 0 Å². The Morgan fingerprint density at radius 3 is 2.40 bits per heavy atom. The lowest BCUT2D eigenvalue weighted by Gasteiger charge is -2.25. The zero-order valence-electron chi connectivity index (χ0n) is 9.95. The molecule has 0 saturated heterocycles. The summed E-state index contributed by atoms with van der Waals surface area (Å²) in [5.41, 5.74) is -0.523. The zero-order chi connectivity index (χ0) is 11.9. The Labute approximate surface area is 90.9 Å². The van der Waals surface area contributed by atoms with Gasteiger partial charge in [-0.3, -0.25) is 4.84 Å². The third kappa shape index (κ3) is 7.16. The first-order valence-corrected chi connectivity index (χ1v) is 5.15.